The number of carboxylic acids is 1. The van der Waals surface area contributed by atoms with Gasteiger partial charge >= 0.3 is 12.1 Å². The van der Waals surface area contributed by atoms with E-state index in [0.717, 1.165) is 6.08 Å². The first-order chi connectivity index (χ1) is 8.56. The lowest BCUT2D eigenvalue weighted by atomic mass is 10.1. The smallest absolute Gasteiger partial charge is 0.496 e. The lowest BCUT2D eigenvalue weighted by Gasteiger charge is -2.07. The van der Waals surface area contributed by atoms with Crippen molar-refractivity contribution in [3.8, 4) is 11.5 Å². The van der Waals surface area contributed by atoms with E-state index < -0.39 is 12.1 Å². The maximum atomic E-state index is 10.9. The van der Waals surface area contributed by atoms with E-state index in [1.807, 2.05) is 0 Å². The zero-order chi connectivity index (χ0) is 13.5. The van der Waals surface area contributed by atoms with Crippen molar-refractivity contribution in [3.63, 3.8) is 0 Å². The molecule has 0 aliphatic heterocycles. The Balaban J connectivity index is 3.01. The fraction of sp³-hybridized carbons (Fsp3) is 0.167. The largest absolute Gasteiger partial charge is 0.513 e. The number of carbonyl (C=O) groups excluding carboxylic acids is 1. The average molecular weight is 252 g/mol. The fourth-order valence-electron chi connectivity index (χ4n) is 1.21. The molecule has 1 rings (SSSR count). The summed E-state index contributed by atoms with van der Waals surface area (Å²) in [7, 11) is 2.64. The first-order valence-electron chi connectivity index (χ1n) is 4.91. The van der Waals surface area contributed by atoms with Crippen LogP contribution in [0.3, 0.4) is 0 Å². The van der Waals surface area contributed by atoms with Gasteiger partial charge in [-0.15, -0.1) is 0 Å². The number of ether oxygens (including phenoxy) is 3. The molecule has 6 heteroatoms. The van der Waals surface area contributed by atoms with E-state index in [1.54, 1.807) is 6.07 Å². The number of hydrogen-bond acceptors (Lipinski definition) is 5. The summed E-state index contributed by atoms with van der Waals surface area (Å²) in [6.07, 6.45) is 1.44. The molecule has 18 heavy (non-hydrogen) atoms. The number of aliphatic carboxylic acids is 1. The van der Waals surface area contributed by atoms with Gasteiger partial charge in [-0.3, -0.25) is 0 Å². The molecule has 0 radical (unpaired) electrons. The van der Waals surface area contributed by atoms with Crippen molar-refractivity contribution < 1.29 is 28.9 Å². The van der Waals surface area contributed by atoms with Gasteiger partial charge < -0.3 is 19.3 Å². The van der Waals surface area contributed by atoms with E-state index >= 15 is 0 Å². The molecule has 1 N–H and O–H groups in total. The quantitative estimate of drug-likeness (QED) is 0.501. The van der Waals surface area contributed by atoms with Crippen molar-refractivity contribution in [2.45, 2.75) is 0 Å². The van der Waals surface area contributed by atoms with Gasteiger partial charge in [-0.2, -0.15) is 0 Å². The highest BCUT2D eigenvalue weighted by atomic mass is 16.7. The van der Waals surface area contributed by atoms with Crippen molar-refractivity contribution >= 4 is 18.2 Å². The molecular weight excluding hydrogens is 240 g/mol. The van der Waals surface area contributed by atoms with Crippen molar-refractivity contribution in [2.24, 2.45) is 0 Å². The standard InChI is InChI=1S/C12H12O6/c1-16-10-5-4-9(18-12(15)17-2)7-8(10)3-6-11(13)14/h3-7H,1-2H3,(H,13,14). The van der Waals surface area contributed by atoms with Gasteiger partial charge in [0.15, 0.2) is 0 Å². The molecule has 0 bridgehead atoms. The van der Waals surface area contributed by atoms with Gasteiger partial charge in [-0.1, -0.05) is 0 Å². The number of hydrogen-bond donors (Lipinski definition) is 1. The van der Waals surface area contributed by atoms with Crippen LogP contribution in [0.25, 0.3) is 6.08 Å². The van der Waals surface area contributed by atoms with Crippen molar-refractivity contribution in [1.82, 2.24) is 0 Å². The Morgan fingerprint density at radius 3 is 2.56 bits per heavy atom. The first-order valence-corrected chi connectivity index (χ1v) is 4.91. The van der Waals surface area contributed by atoms with Gasteiger partial charge in [0.2, 0.25) is 0 Å². The van der Waals surface area contributed by atoms with Gasteiger partial charge in [-0.05, 0) is 24.3 Å². The van der Waals surface area contributed by atoms with E-state index in [4.69, 9.17) is 14.6 Å². The molecule has 0 aromatic heterocycles. The van der Waals surface area contributed by atoms with E-state index in [0.29, 0.717) is 11.3 Å². The van der Waals surface area contributed by atoms with Crippen LogP contribution < -0.4 is 9.47 Å². The van der Waals surface area contributed by atoms with E-state index in [9.17, 15) is 9.59 Å². The second kappa shape index (κ2) is 6.29. The summed E-state index contributed by atoms with van der Waals surface area (Å²) in [4.78, 5) is 21.4. The molecule has 96 valence electrons. The predicted molar refractivity (Wildman–Crippen MR) is 62.7 cm³/mol. The Morgan fingerprint density at radius 1 is 1.28 bits per heavy atom. The summed E-state index contributed by atoms with van der Waals surface area (Å²) in [6.45, 7) is 0. The third-order valence-corrected chi connectivity index (χ3v) is 1.97. The summed E-state index contributed by atoms with van der Waals surface area (Å²) in [6, 6.07) is 4.53. The van der Waals surface area contributed by atoms with Gasteiger partial charge in [0.25, 0.3) is 0 Å². The molecule has 0 saturated carbocycles. The van der Waals surface area contributed by atoms with Crippen LogP contribution in [0.1, 0.15) is 5.56 Å². The summed E-state index contributed by atoms with van der Waals surface area (Å²) < 4.78 is 14.2. The fourth-order valence-corrected chi connectivity index (χ4v) is 1.21. The van der Waals surface area contributed by atoms with Crippen LogP contribution in [0.2, 0.25) is 0 Å². The van der Waals surface area contributed by atoms with Crippen LogP contribution in [0.4, 0.5) is 4.79 Å². The topological polar surface area (TPSA) is 82.1 Å². The predicted octanol–water partition coefficient (Wildman–Crippen LogP) is 1.94. The molecule has 6 nitrogen and oxygen atoms in total. The van der Waals surface area contributed by atoms with Crippen LogP contribution >= 0.6 is 0 Å². The molecule has 1 aromatic carbocycles. The molecule has 0 saturated heterocycles. The number of carbonyl (C=O) groups is 2. The monoisotopic (exact) mass is 252 g/mol. The van der Waals surface area contributed by atoms with E-state index in [1.165, 1.54) is 32.4 Å². The highest BCUT2D eigenvalue weighted by Crippen LogP contribution is 2.25. The maximum Gasteiger partial charge on any atom is 0.513 e. The van der Waals surface area contributed by atoms with Crippen molar-refractivity contribution in [2.75, 3.05) is 14.2 Å². The van der Waals surface area contributed by atoms with E-state index in [2.05, 4.69) is 4.74 Å². The Bertz CT molecular complexity index is 477. The lowest BCUT2D eigenvalue weighted by molar-refractivity contribution is -0.131. The summed E-state index contributed by atoms with van der Waals surface area (Å²) in [5.41, 5.74) is 0.473. The van der Waals surface area contributed by atoms with Gasteiger partial charge in [-0.25, -0.2) is 9.59 Å². The van der Waals surface area contributed by atoms with Crippen LogP contribution in [-0.2, 0) is 9.53 Å². The third-order valence-electron chi connectivity index (χ3n) is 1.97. The Kier molecular flexibility index (Phi) is 4.74. The first kappa shape index (κ1) is 13.6. The Labute approximate surface area is 103 Å². The highest BCUT2D eigenvalue weighted by molar-refractivity contribution is 5.86. The van der Waals surface area contributed by atoms with Crippen LogP contribution in [0, 0.1) is 0 Å². The number of methoxy groups -OCH3 is 2. The summed E-state index contributed by atoms with van der Waals surface area (Å²) >= 11 is 0. The summed E-state index contributed by atoms with van der Waals surface area (Å²) in [5, 5.41) is 8.56. The number of rotatable bonds is 4. The van der Waals surface area contributed by atoms with Crippen molar-refractivity contribution in [3.05, 3.63) is 29.8 Å². The molecule has 1 aromatic rings. The van der Waals surface area contributed by atoms with Gasteiger partial charge in [0, 0.05) is 11.6 Å². The zero-order valence-corrected chi connectivity index (χ0v) is 9.88. The minimum Gasteiger partial charge on any atom is -0.496 e. The normalized spacial score (nSPS) is 10.1. The number of benzene rings is 1. The molecular formula is C12H12O6. The minimum absolute atomic E-state index is 0.229. The molecule has 0 aliphatic carbocycles. The third kappa shape index (κ3) is 3.82. The molecule has 0 atom stereocenters. The van der Waals surface area contributed by atoms with E-state index in [-0.39, 0.29) is 5.75 Å². The number of carboxylic acid groups (broad SMARTS) is 1. The average Bonchev–Trinajstić information content (AvgIpc) is 2.36. The Morgan fingerprint density at radius 2 is 2.00 bits per heavy atom. The van der Waals surface area contributed by atoms with Crippen LogP contribution in [0.5, 0.6) is 11.5 Å². The molecule has 0 spiro atoms. The molecule has 0 fully saturated rings. The van der Waals surface area contributed by atoms with Crippen LogP contribution in [0.15, 0.2) is 24.3 Å². The van der Waals surface area contributed by atoms with Crippen molar-refractivity contribution in [1.29, 1.82) is 0 Å². The zero-order valence-electron chi connectivity index (χ0n) is 9.88. The Hall–Kier alpha value is -2.50. The van der Waals surface area contributed by atoms with Gasteiger partial charge in [0.05, 0.1) is 14.2 Å². The molecule has 0 amide bonds. The summed E-state index contributed by atoms with van der Waals surface area (Å²) in [5.74, 6) is -0.395. The second-order valence-corrected chi connectivity index (χ2v) is 3.13. The highest BCUT2D eigenvalue weighted by Gasteiger charge is 2.07. The molecule has 0 heterocycles. The molecule has 0 aliphatic rings. The maximum absolute atomic E-state index is 10.9. The lowest BCUT2D eigenvalue weighted by Crippen LogP contribution is -2.07. The molecule has 0 unspecified atom stereocenters. The van der Waals surface area contributed by atoms with Gasteiger partial charge in [0.1, 0.15) is 11.5 Å². The van der Waals surface area contributed by atoms with Crippen LogP contribution in [-0.4, -0.2) is 31.5 Å². The SMILES string of the molecule is COC(=O)Oc1ccc(OC)c(C=CC(=O)O)c1. The minimum atomic E-state index is -1.09. The second-order valence-electron chi connectivity index (χ2n) is 3.13.